The number of ether oxygens (including phenoxy) is 1. The van der Waals surface area contributed by atoms with E-state index in [0.717, 1.165) is 15.6 Å². The van der Waals surface area contributed by atoms with E-state index < -0.39 is 0 Å². The maximum Gasteiger partial charge on any atom is 0.118 e. The van der Waals surface area contributed by atoms with Crippen LogP contribution in [-0.2, 0) is 6.42 Å². The van der Waals surface area contributed by atoms with E-state index in [1.165, 1.54) is 5.56 Å². The smallest absolute Gasteiger partial charge is 0.118 e. The highest BCUT2D eigenvalue weighted by atomic mass is 79.9. The monoisotopic (exact) mass is 332 g/mol. The zero-order valence-corrected chi connectivity index (χ0v) is 12.0. The molecule has 0 saturated carbocycles. The van der Waals surface area contributed by atoms with Crippen molar-refractivity contribution in [3.05, 3.63) is 39.3 Å². The van der Waals surface area contributed by atoms with Gasteiger partial charge in [-0.15, -0.1) is 0 Å². The third-order valence-electron chi connectivity index (χ3n) is 2.13. The normalized spacial score (nSPS) is 12.0. The van der Waals surface area contributed by atoms with Gasteiger partial charge in [-0.3, -0.25) is 0 Å². The Labute approximate surface area is 108 Å². The van der Waals surface area contributed by atoms with Crippen LogP contribution < -0.4 is 4.74 Å². The summed E-state index contributed by atoms with van der Waals surface area (Å²) >= 11 is 6.74. The summed E-state index contributed by atoms with van der Waals surface area (Å²) in [6.07, 6.45) is 3.18. The van der Waals surface area contributed by atoms with Gasteiger partial charge in [0.1, 0.15) is 5.75 Å². The van der Waals surface area contributed by atoms with Gasteiger partial charge in [0.2, 0.25) is 0 Å². The molecule has 0 aliphatic heterocycles. The van der Waals surface area contributed by atoms with Crippen LogP contribution >= 0.6 is 31.9 Å². The minimum Gasteiger partial charge on any atom is -0.497 e. The predicted octanol–water partition coefficient (Wildman–Crippen LogP) is 4.51. The average Bonchev–Trinajstić information content (AvgIpc) is 2.17. The standard InChI is InChI=1S/C12H14Br2O/c1-9(8-12(13)14)7-10-3-5-11(15-2)6-4-10/h3-6,8-9H,7H2,1-2H3. The minimum atomic E-state index is 0.507. The molecule has 0 aromatic heterocycles. The Kier molecular flexibility index (Phi) is 5.40. The Bertz CT molecular complexity index is 326. The fraction of sp³-hybridized carbons (Fsp3) is 0.333. The molecule has 0 aliphatic carbocycles. The van der Waals surface area contributed by atoms with Gasteiger partial charge in [-0.05, 0) is 61.9 Å². The molecule has 1 nitrogen and oxygen atoms in total. The highest BCUT2D eigenvalue weighted by molar-refractivity contribution is 9.28. The summed E-state index contributed by atoms with van der Waals surface area (Å²) in [5, 5.41) is 0. The lowest BCUT2D eigenvalue weighted by Crippen LogP contribution is -1.96. The molecule has 0 radical (unpaired) electrons. The molecule has 0 heterocycles. The van der Waals surface area contributed by atoms with Crippen LogP contribution in [0.4, 0.5) is 0 Å². The number of halogens is 2. The van der Waals surface area contributed by atoms with Crippen molar-refractivity contribution >= 4 is 31.9 Å². The molecule has 1 rings (SSSR count). The topological polar surface area (TPSA) is 9.23 Å². The molecule has 0 bridgehead atoms. The molecule has 0 fully saturated rings. The van der Waals surface area contributed by atoms with Crippen molar-refractivity contribution in [3.8, 4) is 5.75 Å². The fourth-order valence-corrected chi connectivity index (χ4v) is 2.31. The largest absolute Gasteiger partial charge is 0.497 e. The molecule has 0 aliphatic rings. The van der Waals surface area contributed by atoms with Crippen molar-refractivity contribution in [2.75, 3.05) is 7.11 Å². The van der Waals surface area contributed by atoms with Crippen LogP contribution in [0.3, 0.4) is 0 Å². The van der Waals surface area contributed by atoms with Crippen molar-refractivity contribution in [1.82, 2.24) is 0 Å². The number of hydrogen-bond acceptors (Lipinski definition) is 1. The van der Waals surface area contributed by atoms with Gasteiger partial charge in [-0.1, -0.05) is 25.1 Å². The van der Waals surface area contributed by atoms with E-state index in [1.54, 1.807) is 7.11 Å². The molecule has 15 heavy (non-hydrogen) atoms. The van der Waals surface area contributed by atoms with Gasteiger partial charge in [-0.25, -0.2) is 0 Å². The van der Waals surface area contributed by atoms with Gasteiger partial charge in [0.25, 0.3) is 0 Å². The van der Waals surface area contributed by atoms with E-state index in [-0.39, 0.29) is 0 Å². The quantitative estimate of drug-likeness (QED) is 0.788. The van der Waals surface area contributed by atoms with Crippen LogP contribution in [0.15, 0.2) is 33.7 Å². The summed E-state index contributed by atoms with van der Waals surface area (Å²) in [7, 11) is 1.68. The first-order chi connectivity index (χ1) is 7.11. The second-order valence-electron chi connectivity index (χ2n) is 3.49. The summed E-state index contributed by atoms with van der Waals surface area (Å²) in [5.41, 5.74) is 1.32. The first-order valence-electron chi connectivity index (χ1n) is 4.77. The molecule has 1 aromatic rings. The van der Waals surface area contributed by atoms with E-state index in [0.29, 0.717) is 5.92 Å². The van der Waals surface area contributed by atoms with Gasteiger partial charge in [0.15, 0.2) is 0 Å². The lowest BCUT2D eigenvalue weighted by Gasteiger charge is -2.07. The van der Waals surface area contributed by atoms with Gasteiger partial charge >= 0.3 is 0 Å². The van der Waals surface area contributed by atoms with Crippen molar-refractivity contribution < 1.29 is 4.74 Å². The van der Waals surface area contributed by atoms with Crippen LogP contribution in [0.1, 0.15) is 12.5 Å². The number of allylic oxidation sites excluding steroid dienone is 1. The van der Waals surface area contributed by atoms with E-state index in [9.17, 15) is 0 Å². The van der Waals surface area contributed by atoms with Crippen LogP contribution in [0.5, 0.6) is 5.75 Å². The second-order valence-corrected chi connectivity index (χ2v) is 6.26. The average molecular weight is 334 g/mol. The molecular weight excluding hydrogens is 320 g/mol. The van der Waals surface area contributed by atoms with Crippen molar-refractivity contribution in [2.24, 2.45) is 5.92 Å². The van der Waals surface area contributed by atoms with Crippen molar-refractivity contribution in [2.45, 2.75) is 13.3 Å². The first-order valence-corrected chi connectivity index (χ1v) is 6.36. The Morgan fingerprint density at radius 2 is 1.93 bits per heavy atom. The summed E-state index contributed by atoms with van der Waals surface area (Å²) in [6, 6.07) is 8.19. The predicted molar refractivity (Wildman–Crippen MR) is 71.8 cm³/mol. The Hall–Kier alpha value is -0.280. The fourth-order valence-electron chi connectivity index (χ4n) is 1.41. The molecule has 82 valence electrons. The van der Waals surface area contributed by atoms with Gasteiger partial charge in [0.05, 0.1) is 10.5 Å². The molecule has 3 heteroatoms. The number of benzene rings is 1. The highest BCUT2D eigenvalue weighted by Gasteiger charge is 2.01. The number of hydrogen-bond donors (Lipinski definition) is 0. The molecule has 1 unspecified atom stereocenters. The molecule has 1 aromatic carbocycles. The van der Waals surface area contributed by atoms with E-state index in [4.69, 9.17) is 4.74 Å². The summed E-state index contributed by atoms with van der Waals surface area (Å²) < 4.78 is 6.12. The molecule has 0 amide bonds. The van der Waals surface area contributed by atoms with Crippen molar-refractivity contribution in [3.63, 3.8) is 0 Å². The zero-order chi connectivity index (χ0) is 11.3. The maximum absolute atomic E-state index is 5.11. The lowest BCUT2D eigenvalue weighted by atomic mass is 10.0. The number of rotatable bonds is 4. The number of methoxy groups -OCH3 is 1. The molecule has 0 saturated heterocycles. The summed E-state index contributed by atoms with van der Waals surface area (Å²) in [4.78, 5) is 0. The van der Waals surface area contributed by atoms with Crippen LogP contribution in [0, 0.1) is 5.92 Å². The summed E-state index contributed by atoms with van der Waals surface area (Å²) in [5.74, 6) is 1.41. The second kappa shape index (κ2) is 6.33. The Balaban J connectivity index is 2.61. The zero-order valence-electron chi connectivity index (χ0n) is 8.84. The summed E-state index contributed by atoms with van der Waals surface area (Å²) in [6.45, 7) is 2.19. The third kappa shape index (κ3) is 4.85. The van der Waals surface area contributed by atoms with Crippen LogP contribution in [-0.4, -0.2) is 7.11 Å². The third-order valence-corrected chi connectivity index (χ3v) is 2.66. The van der Waals surface area contributed by atoms with Crippen LogP contribution in [0.25, 0.3) is 0 Å². The lowest BCUT2D eigenvalue weighted by molar-refractivity contribution is 0.414. The highest BCUT2D eigenvalue weighted by Crippen LogP contribution is 2.20. The van der Waals surface area contributed by atoms with Crippen molar-refractivity contribution in [1.29, 1.82) is 0 Å². The maximum atomic E-state index is 5.11. The SMILES string of the molecule is COc1ccc(CC(C)C=C(Br)Br)cc1. The van der Waals surface area contributed by atoms with Gasteiger partial charge in [0, 0.05) is 0 Å². The van der Waals surface area contributed by atoms with E-state index >= 15 is 0 Å². The van der Waals surface area contributed by atoms with Crippen LogP contribution in [0.2, 0.25) is 0 Å². The molecular formula is C12H14Br2O. The molecule has 0 spiro atoms. The first kappa shape index (κ1) is 12.8. The van der Waals surface area contributed by atoms with E-state index in [1.807, 2.05) is 12.1 Å². The Morgan fingerprint density at radius 3 is 2.40 bits per heavy atom. The van der Waals surface area contributed by atoms with Gasteiger partial charge < -0.3 is 4.74 Å². The van der Waals surface area contributed by atoms with E-state index in [2.05, 4.69) is 57.0 Å². The Morgan fingerprint density at radius 1 is 1.33 bits per heavy atom. The minimum absolute atomic E-state index is 0.507. The van der Waals surface area contributed by atoms with Gasteiger partial charge in [-0.2, -0.15) is 0 Å². The molecule has 1 atom stereocenters. The molecule has 0 N–H and O–H groups in total.